The van der Waals surface area contributed by atoms with Crippen molar-refractivity contribution in [2.75, 3.05) is 19.0 Å². The van der Waals surface area contributed by atoms with Gasteiger partial charge >= 0.3 is 0 Å². The summed E-state index contributed by atoms with van der Waals surface area (Å²) in [4.78, 5) is 24.1. The molecular weight excluding hydrogens is 308 g/mol. The van der Waals surface area contributed by atoms with Crippen LogP contribution in [0.4, 0.5) is 11.4 Å². The molecule has 2 rings (SSSR count). The van der Waals surface area contributed by atoms with Gasteiger partial charge in [-0.1, -0.05) is 30.3 Å². The van der Waals surface area contributed by atoms with E-state index in [4.69, 9.17) is 0 Å². The minimum atomic E-state index is -0.467. The first-order chi connectivity index (χ1) is 11.5. The summed E-state index contributed by atoms with van der Waals surface area (Å²) < 4.78 is 0. The zero-order valence-electron chi connectivity index (χ0n) is 13.5. The summed E-state index contributed by atoms with van der Waals surface area (Å²) in [7, 11) is 3.65. The largest absolute Gasteiger partial charge is 0.377 e. The number of nitro benzene ring substituents is 1. The van der Waals surface area contributed by atoms with Crippen molar-refractivity contribution in [1.29, 1.82) is 0 Å². The highest BCUT2D eigenvalue weighted by Crippen LogP contribution is 2.22. The number of amides is 1. The lowest BCUT2D eigenvalue weighted by Crippen LogP contribution is -2.20. The smallest absolute Gasteiger partial charge is 0.270 e. The van der Waals surface area contributed by atoms with Gasteiger partial charge in [-0.3, -0.25) is 14.9 Å². The quantitative estimate of drug-likeness (QED) is 0.501. The summed E-state index contributed by atoms with van der Waals surface area (Å²) in [6.07, 6.45) is 1.62. The standard InChI is InChI=1S/C17H18N4O3/c1-20(2)16-9-8-15(21(23)24)11-14(16)12-18-19-17(22)10-13-6-4-3-5-7-13/h3-9,11-12H,10H2,1-2H3,(H,19,22)/b18-12-. The summed E-state index contributed by atoms with van der Waals surface area (Å²) in [5.74, 6) is -0.255. The maximum absolute atomic E-state index is 11.9. The highest BCUT2D eigenvalue weighted by Gasteiger charge is 2.11. The average Bonchev–Trinajstić information content (AvgIpc) is 2.55. The lowest BCUT2D eigenvalue weighted by Gasteiger charge is -2.14. The number of hydrogen-bond donors (Lipinski definition) is 1. The highest BCUT2D eigenvalue weighted by atomic mass is 16.6. The van der Waals surface area contributed by atoms with E-state index in [9.17, 15) is 14.9 Å². The van der Waals surface area contributed by atoms with Crippen molar-refractivity contribution in [2.24, 2.45) is 5.10 Å². The Morgan fingerprint density at radius 1 is 1.25 bits per heavy atom. The highest BCUT2D eigenvalue weighted by molar-refractivity contribution is 5.90. The van der Waals surface area contributed by atoms with Crippen LogP contribution in [-0.4, -0.2) is 31.1 Å². The normalized spacial score (nSPS) is 10.6. The van der Waals surface area contributed by atoms with Gasteiger partial charge in [0.15, 0.2) is 0 Å². The monoisotopic (exact) mass is 326 g/mol. The summed E-state index contributed by atoms with van der Waals surface area (Å²) in [6, 6.07) is 13.8. The number of hydrazone groups is 1. The molecule has 1 N–H and O–H groups in total. The molecule has 0 aromatic heterocycles. The van der Waals surface area contributed by atoms with E-state index < -0.39 is 4.92 Å². The number of nitro groups is 1. The number of hydrogen-bond acceptors (Lipinski definition) is 5. The number of benzene rings is 2. The van der Waals surface area contributed by atoms with Gasteiger partial charge in [0.25, 0.3) is 5.69 Å². The van der Waals surface area contributed by atoms with E-state index in [2.05, 4.69) is 10.5 Å². The lowest BCUT2D eigenvalue weighted by atomic mass is 10.1. The Hall–Kier alpha value is -3.22. The lowest BCUT2D eigenvalue weighted by molar-refractivity contribution is -0.384. The van der Waals surface area contributed by atoms with Gasteiger partial charge < -0.3 is 4.90 Å². The minimum Gasteiger partial charge on any atom is -0.377 e. The summed E-state index contributed by atoms with van der Waals surface area (Å²) in [5.41, 5.74) is 4.61. The van der Waals surface area contributed by atoms with Crippen molar-refractivity contribution in [1.82, 2.24) is 5.43 Å². The second-order valence-corrected chi connectivity index (χ2v) is 5.35. The van der Waals surface area contributed by atoms with Crippen LogP contribution in [0.15, 0.2) is 53.6 Å². The molecule has 1 amide bonds. The predicted molar refractivity (Wildman–Crippen MR) is 93.3 cm³/mol. The van der Waals surface area contributed by atoms with Gasteiger partial charge in [0.05, 0.1) is 17.6 Å². The Morgan fingerprint density at radius 3 is 2.58 bits per heavy atom. The molecule has 0 radical (unpaired) electrons. The van der Waals surface area contributed by atoms with Crippen molar-refractivity contribution in [3.63, 3.8) is 0 Å². The van der Waals surface area contributed by atoms with Crippen molar-refractivity contribution >= 4 is 23.5 Å². The average molecular weight is 326 g/mol. The van der Waals surface area contributed by atoms with E-state index in [0.29, 0.717) is 5.56 Å². The zero-order valence-corrected chi connectivity index (χ0v) is 13.5. The van der Waals surface area contributed by atoms with Crippen LogP contribution in [0.5, 0.6) is 0 Å². The molecule has 0 unspecified atom stereocenters. The van der Waals surface area contributed by atoms with Gasteiger partial charge in [-0.15, -0.1) is 0 Å². The number of nitrogens with one attached hydrogen (secondary N) is 1. The van der Waals surface area contributed by atoms with Gasteiger partial charge in [0, 0.05) is 37.5 Å². The first-order valence-corrected chi connectivity index (χ1v) is 7.29. The molecular formula is C17H18N4O3. The number of nitrogens with zero attached hydrogens (tertiary/aromatic N) is 3. The molecule has 0 bridgehead atoms. The van der Waals surface area contributed by atoms with Gasteiger partial charge in [-0.2, -0.15) is 5.10 Å². The SMILES string of the molecule is CN(C)c1ccc([N+](=O)[O-])cc1/C=N\NC(=O)Cc1ccccc1. The van der Waals surface area contributed by atoms with Crippen molar-refractivity contribution < 1.29 is 9.72 Å². The number of rotatable bonds is 6. The van der Waals surface area contributed by atoms with Crippen molar-refractivity contribution in [3.8, 4) is 0 Å². The molecule has 7 heteroatoms. The Morgan fingerprint density at radius 2 is 1.96 bits per heavy atom. The van der Waals surface area contributed by atoms with Crippen LogP contribution in [0, 0.1) is 10.1 Å². The predicted octanol–water partition coefficient (Wildman–Crippen LogP) is 2.35. The second kappa shape index (κ2) is 7.87. The van der Waals surface area contributed by atoms with Crippen LogP contribution in [-0.2, 0) is 11.2 Å². The molecule has 124 valence electrons. The Bertz CT molecular complexity index is 758. The number of carbonyl (C=O) groups excluding carboxylic acids is 1. The third-order valence-corrected chi connectivity index (χ3v) is 3.30. The zero-order chi connectivity index (χ0) is 17.5. The van der Waals surface area contributed by atoms with E-state index in [0.717, 1.165) is 11.3 Å². The van der Waals surface area contributed by atoms with Crippen LogP contribution in [0.25, 0.3) is 0 Å². The fourth-order valence-corrected chi connectivity index (χ4v) is 2.16. The van der Waals surface area contributed by atoms with Gasteiger partial charge in [0.1, 0.15) is 0 Å². The Balaban J connectivity index is 2.08. The van der Waals surface area contributed by atoms with E-state index in [1.165, 1.54) is 18.3 Å². The van der Waals surface area contributed by atoms with Crippen molar-refractivity contribution in [3.05, 3.63) is 69.8 Å². The van der Waals surface area contributed by atoms with E-state index in [-0.39, 0.29) is 18.0 Å². The minimum absolute atomic E-state index is 0.0299. The molecule has 24 heavy (non-hydrogen) atoms. The van der Waals surface area contributed by atoms with Gasteiger partial charge in [-0.25, -0.2) is 5.43 Å². The summed E-state index contributed by atoms with van der Waals surface area (Å²) >= 11 is 0. The molecule has 7 nitrogen and oxygen atoms in total. The molecule has 0 saturated carbocycles. The molecule has 0 atom stereocenters. The number of non-ortho nitro benzene ring substituents is 1. The molecule has 0 heterocycles. The number of anilines is 1. The fraction of sp³-hybridized carbons (Fsp3) is 0.176. The maximum Gasteiger partial charge on any atom is 0.270 e. The Kier molecular flexibility index (Phi) is 5.62. The van der Waals surface area contributed by atoms with Gasteiger partial charge in [0.2, 0.25) is 5.91 Å². The summed E-state index contributed by atoms with van der Waals surface area (Å²) in [6.45, 7) is 0. The molecule has 2 aromatic carbocycles. The van der Waals surface area contributed by atoms with Crippen LogP contribution in [0.3, 0.4) is 0 Å². The fourth-order valence-electron chi connectivity index (χ4n) is 2.16. The third kappa shape index (κ3) is 4.64. The topological polar surface area (TPSA) is 87.8 Å². The Labute approximate surface area is 139 Å². The molecule has 2 aromatic rings. The first-order valence-electron chi connectivity index (χ1n) is 7.29. The second-order valence-electron chi connectivity index (χ2n) is 5.35. The maximum atomic E-state index is 11.9. The molecule has 0 fully saturated rings. The molecule has 0 saturated heterocycles. The van der Waals surface area contributed by atoms with E-state index >= 15 is 0 Å². The van der Waals surface area contributed by atoms with Crippen molar-refractivity contribution in [2.45, 2.75) is 6.42 Å². The van der Waals surface area contributed by atoms with E-state index in [1.54, 1.807) is 6.07 Å². The summed E-state index contributed by atoms with van der Waals surface area (Å²) in [5, 5.41) is 14.8. The van der Waals surface area contributed by atoms with Crippen LogP contribution >= 0.6 is 0 Å². The molecule has 0 aliphatic heterocycles. The van der Waals surface area contributed by atoms with Crippen LogP contribution in [0.1, 0.15) is 11.1 Å². The third-order valence-electron chi connectivity index (χ3n) is 3.30. The van der Waals surface area contributed by atoms with Crippen LogP contribution < -0.4 is 10.3 Å². The molecule has 0 spiro atoms. The van der Waals surface area contributed by atoms with E-state index in [1.807, 2.05) is 49.3 Å². The molecule has 0 aliphatic rings. The van der Waals surface area contributed by atoms with Crippen LogP contribution in [0.2, 0.25) is 0 Å². The first kappa shape index (κ1) is 17.1. The molecule has 0 aliphatic carbocycles. The number of carbonyl (C=O) groups is 1. The van der Waals surface area contributed by atoms with Gasteiger partial charge in [-0.05, 0) is 11.6 Å².